The Morgan fingerprint density at radius 1 is 1.00 bits per heavy atom. The number of rotatable bonds is 6. The van der Waals surface area contributed by atoms with Gasteiger partial charge in [0, 0.05) is 19.6 Å². The van der Waals surface area contributed by atoms with Crippen molar-refractivity contribution < 1.29 is 29.1 Å². The van der Waals surface area contributed by atoms with Crippen molar-refractivity contribution in [3.8, 4) is 0 Å². The van der Waals surface area contributed by atoms with Crippen molar-refractivity contribution in [3.63, 3.8) is 0 Å². The van der Waals surface area contributed by atoms with E-state index in [1.165, 1.54) is 0 Å². The molecule has 0 aliphatic carbocycles. The van der Waals surface area contributed by atoms with Crippen LogP contribution in [0.1, 0.15) is 25.7 Å². The molecular weight excluding hydrogens is 374 g/mol. The van der Waals surface area contributed by atoms with Gasteiger partial charge in [-0.15, -0.1) is 0 Å². The van der Waals surface area contributed by atoms with Crippen LogP contribution in [0.4, 0.5) is 0 Å². The van der Waals surface area contributed by atoms with Crippen LogP contribution in [-0.4, -0.2) is 72.4 Å². The van der Waals surface area contributed by atoms with Crippen LogP contribution >= 0.6 is 0 Å². The number of nitrogens with one attached hydrogen (secondary N) is 4. The van der Waals surface area contributed by atoms with Gasteiger partial charge in [0.05, 0.1) is 6.42 Å². The minimum absolute atomic E-state index is 0.0191. The summed E-state index contributed by atoms with van der Waals surface area (Å²) >= 11 is 0. The quantitative estimate of drug-likeness (QED) is 0.101. The van der Waals surface area contributed by atoms with Gasteiger partial charge in [0.25, 0.3) is 0 Å². The monoisotopic (exact) mass is 399 g/mol. The van der Waals surface area contributed by atoms with Gasteiger partial charge >= 0.3 is 5.97 Å². The molecule has 0 saturated carbocycles. The van der Waals surface area contributed by atoms with Gasteiger partial charge in [0.15, 0.2) is 5.96 Å². The Morgan fingerprint density at radius 2 is 1.54 bits per heavy atom. The molecule has 9 N–H and O–H groups in total. The number of hydrogen-bond acceptors (Lipinski definition) is 6. The van der Waals surface area contributed by atoms with Gasteiger partial charge in [0.1, 0.15) is 18.5 Å². The summed E-state index contributed by atoms with van der Waals surface area (Å²) < 4.78 is 0. The maximum Gasteiger partial charge on any atom is 0.305 e. The third kappa shape index (κ3) is 8.82. The number of amides is 4. The Labute approximate surface area is 160 Å². The number of aliphatic imine (C=N–C) groups is 1. The van der Waals surface area contributed by atoms with E-state index in [0.29, 0.717) is 6.42 Å². The first kappa shape index (κ1) is 22.7. The first-order valence-electron chi connectivity index (χ1n) is 8.60. The molecule has 28 heavy (non-hydrogen) atoms. The van der Waals surface area contributed by atoms with E-state index in [1.54, 1.807) is 0 Å². The fourth-order valence-electron chi connectivity index (χ4n) is 2.41. The molecule has 1 fully saturated rings. The van der Waals surface area contributed by atoms with E-state index in [0.717, 1.165) is 0 Å². The average molecular weight is 399 g/mol. The van der Waals surface area contributed by atoms with Gasteiger partial charge < -0.3 is 37.8 Å². The summed E-state index contributed by atoms with van der Waals surface area (Å²) in [6.07, 6.45) is -0.677. The SMILES string of the molecule is NC(N)=NCCC[C@H]1NC(=O)CC(=O)N[C@@H](CC(=O)O)C(=O)NCCNC1=O. The zero-order valence-corrected chi connectivity index (χ0v) is 15.2. The first-order valence-corrected chi connectivity index (χ1v) is 8.60. The van der Waals surface area contributed by atoms with Crippen LogP contribution in [0.5, 0.6) is 0 Å². The lowest BCUT2D eigenvalue weighted by Crippen LogP contribution is -2.49. The first-order chi connectivity index (χ1) is 13.2. The maximum absolute atomic E-state index is 12.3. The number of carbonyl (C=O) groups excluding carboxylic acids is 4. The second-order valence-corrected chi connectivity index (χ2v) is 6.05. The van der Waals surface area contributed by atoms with Gasteiger partial charge in [-0.2, -0.15) is 0 Å². The highest BCUT2D eigenvalue weighted by Crippen LogP contribution is 2.01. The number of nitrogens with zero attached hydrogens (tertiary/aromatic N) is 1. The van der Waals surface area contributed by atoms with E-state index in [4.69, 9.17) is 16.6 Å². The molecule has 1 aliphatic rings. The molecule has 0 unspecified atom stereocenters. The molecule has 0 aromatic heterocycles. The minimum atomic E-state index is -1.33. The number of carbonyl (C=O) groups is 5. The van der Waals surface area contributed by atoms with Gasteiger partial charge in [-0.1, -0.05) is 0 Å². The van der Waals surface area contributed by atoms with E-state index in [2.05, 4.69) is 26.3 Å². The zero-order chi connectivity index (χ0) is 21.1. The molecule has 1 saturated heterocycles. The fraction of sp³-hybridized carbons (Fsp3) is 0.600. The number of aliphatic carboxylic acids is 1. The van der Waals surface area contributed by atoms with Gasteiger partial charge in [0.2, 0.25) is 23.6 Å². The van der Waals surface area contributed by atoms with Crippen molar-refractivity contribution >= 4 is 35.6 Å². The van der Waals surface area contributed by atoms with Gasteiger partial charge in [-0.05, 0) is 12.8 Å². The van der Waals surface area contributed by atoms with E-state index in [1.807, 2.05) is 0 Å². The largest absolute Gasteiger partial charge is 0.481 e. The lowest BCUT2D eigenvalue weighted by Gasteiger charge is -2.18. The van der Waals surface area contributed by atoms with Gasteiger partial charge in [-0.25, -0.2) is 0 Å². The summed E-state index contributed by atoms with van der Waals surface area (Å²) in [7, 11) is 0. The Bertz CT molecular complexity index is 647. The third-order valence-corrected chi connectivity index (χ3v) is 3.67. The Morgan fingerprint density at radius 3 is 2.07 bits per heavy atom. The van der Waals surface area contributed by atoms with Crippen LogP contribution in [0.3, 0.4) is 0 Å². The van der Waals surface area contributed by atoms with Crippen LogP contribution in [0.25, 0.3) is 0 Å². The molecule has 1 rings (SSSR count). The molecule has 0 bridgehead atoms. The molecule has 0 spiro atoms. The number of hydrogen-bond donors (Lipinski definition) is 7. The number of carboxylic acids is 1. The summed E-state index contributed by atoms with van der Waals surface area (Å²) in [6.45, 7) is 0.333. The Hall–Kier alpha value is -3.38. The molecule has 2 atom stereocenters. The molecule has 0 aromatic carbocycles. The van der Waals surface area contributed by atoms with Crippen molar-refractivity contribution in [2.75, 3.05) is 19.6 Å². The number of nitrogens with two attached hydrogens (primary N) is 2. The van der Waals surface area contributed by atoms with Crippen LogP contribution in [0, 0.1) is 0 Å². The lowest BCUT2D eigenvalue weighted by atomic mass is 10.1. The fourth-order valence-corrected chi connectivity index (χ4v) is 2.41. The van der Waals surface area contributed by atoms with Crippen LogP contribution < -0.4 is 32.7 Å². The smallest absolute Gasteiger partial charge is 0.305 e. The molecule has 0 radical (unpaired) electrons. The van der Waals surface area contributed by atoms with Crippen molar-refractivity contribution in [1.29, 1.82) is 0 Å². The summed E-state index contributed by atoms with van der Waals surface area (Å²) in [4.78, 5) is 63.0. The van der Waals surface area contributed by atoms with Crippen molar-refractivity contribution in [3.05, 3.63) is 0 Å². The minimum Gasteiger partial charge on any atom is -0.481 e. The normalized spacial score (nSPS) is 21.6. The number of carboxylic acid groups (broad SMARTS) is 1. The summed E-state index contributed by atoms with van der Waals surface area (Å²) in [6, 6.07) is -2.24. The predicted octanol–water partition coefficient (Wildman–Crippen LogP) is -3.88. The van der Waals surface area contributed by atoms with E-state index >= 15 is 0 Å². The second kappa shape index (κ2) is 11.4. The third-order valence-electron chi connectivity index (χ3n) is 3.67. The molecule has 13 nitrogen and oxygen atoms in total. The molecule has 1 heterocycles. The highest BCUT2D eigenvalue weighted by atomic mass is 16.4. The van der Waals surface area contributed by atoms with Crippen LogP contribution in [0.2, 0.25) is 0 Å². The Kier molecular flexibility index (Phi) is 9.19. The van der Waals surface area contributed by atoms with E-state index in [9.17, 15) is 24.0 Å². The average Bonchev–Trinajstić information content (AvgIpc) is 2.59. The van der Waals surface area contributed by atoms with E-state index < -0.39 is 54.5 Å². The molecular formula is C15H25N7O6. The standard InChI is InChI=1S/C15H25N7O6/c16-15(17)20-3-1-2-8-13(27)18-4-5-19-14(28)9(6-12(25)26)22-11(24)7-10(23)21-8/h8-9H,1-7H2,(H,18,27)(H,19,28)(H,21,23)(H,22,24)(H,25,26)(H4,16,17,20)/t8-,9+/m1/s1. The molecule has 1 aliphatic heterocycles. The highest BCUT2D eigenvalue weighted by molar-refractivity contribution is 6.00. The van der Waals surface area contributed by atoms with Gasteiger partial charge in [-0.3, -0.25) is 29.0 Å². The van der Waals surface area contributed by atoms with Crippen molar-refractivity contribution in [2.24, 2.45) is 16.5 Å². The summed E-state index contributed by atoms with van der Waals surface area (Å²) in [5, 5.41) is 18.5. The van der Waals surface area contributed by atoms with E-state index in [-0.39, 0.29) is 32.0 Å². The molecule has 13 heteroatoms. The maximum atomic E-state index is 12.3. The van der Waals surface area contributed by atoms with Crippen LogP contribution in [0.15, 0.2) is 4.99 Å². The topological polar surface area (TPSA) is 218 Å². The Balaban J connectivity index is 2.81. The summed E-state index contributed by atoms with van der Waals surface area (Å²) in [5.74, 6) is -4.17. The lowest BCUT2D eigenvalue weighted by molar-refractivity contribution is -0.140. The zero-order valence-electron chi connectivity index (χ0n) is 15.2. The van der Waals surface area contributed by atoms with Crippen molar-refractivity contribution in [1.82, 2.24) is 21.3 Å². The molecule has 4 amide bonds. The highest BCUT2D eigenvalue weighted by Gasteiger charge is 2.27. The van der Waals surface area contributed by atoms with Crippen LogP contribution in [-0.2, 0) is 24.0 Å². The van der Waals surface area contributed by atoms with Crippen molar-refractivity contribution in [2.45, 2.75) is 37.8 Å². The molecule has 0 aromatic rings. The predicted molar refractivity (Wildman–Crippen MR) is 96.7 cm³/mol. The summed E-state index contributed by atoms with van der Waals surface area (Å²) in [5.41, 5.74) is 10.4. The number of guanidine groups is 1. The molecule has 156 valence electrons. The second-order valence-electron chi connectivity index (χ2n) is 6.05.